The molecule has 6 heteroatoms. The van der Waals surface area contributed by atoms with E-state index in [0.717, 1.165) is 0 Å². The fourth-order valence-electron chi connectivity index (χ4n) is 3.39. The molecule has 0 aromatic carbocycles. The topological polar surface area (TPSA) is 70.9 Å². The molecule has 24 heavy (non-hydrogen) atoms. The molecule has 3 aromatic rings. The van der Waals surface area contributed by atoms with Crippen LogP contribution in [0.4, 0.5) is 0 Å². The van der Waals surface area contributed by atoms with Crippen molar-refractivity contribution in [1.82, 2.24) is 15.5 Å². The Kier molecular flexibility index (Phi) is 4.21. The van der Waals surface area contributed by atoms with Crippen LogP contribution in [0.2, 0.25) is 0 Å². The monoisotopic (exact) mass is 341 g/mol. The quantitative estimate of drug-likeness (QED) is 0.723. The highest BCUT2D eigenvalue weighted by Crippen LogP contribution is 2.37. The van der Waals surface area contributed by atoms with Gasteiger partial charge in [0.15, 0.2) is 11.5 Å². The van der Waals surface area contributed by atoms with E-state index in [2.05, 4.69) is 27.0 Å². The van der Waals surface area contributed by atoms with Gasteiger partial charge in [0.25, 0.3) is 5.91 Å². The molecule has 0 radical (unpaired) electrons. The highest BCUT2D eigenvalue weighted by atomic mass is 32.1. The maximum Gasteiger partial charge on any atom is 0.272 e. The molecule has 124 valence electrons. The minimum atomic E-state index is -0.144. The molecule has 3 heterocycles. The number of carbonyl (C=O) groups excluding carboxylic acids is 1. The third kappa shape index (κ3) is 3.01. The minimum Gasteiger partial charge on any atom is -0.463 e. The molecule has 1 aliphatic carbocycles. The van der Waals surface area contributed by atoms with Gasteiger partial charge in [0.1, 0.15) is 5.69 Å². The average molecular weight is 341 g/mol. The molecule has 0 spiro atoms. The lowest BCUT2D eigenvalue weighted by atomic mass is 9.96. The Labute approximate surface area is 144 Å². The molecule has 0 saturated heterocycles. The van der Waals surface area contributed by atoms with Gasteiger partial charge in [0, 0.05) is 10.9 Å². The highest BCUT2D eigenvalue weighted by molar-refractivity contribution is 7.10. The number of hydrogen-bond donors (Lipinski definition) is 2. The first-order chi connectivity index (χ1) is 11.8. The zero-order chi connectivity index (χ0) is 16.4. The summed E-state index contributed by atoms with van der Waals surface area (Å²) in [6.45, 7) is 0. The van der Waals surface area contributed by atoms with Gasteiger partial charge in [-0.3, -0.25) is 9.89 Å². The van der Waals surface area contributed by atoms with Crippen LogP contribution >= 0.6 is 11.3 Å². The van der Waals surface area contributed by atoms with Crippen molar-refractivity contribution in [3.8, 4) is 11.5 Å². The number of carbonyl (C=O) groups is 1. The SMILES string of the molecule is O=C(N[C@@H](c1cccs1)C1CCCC1)c1cc(-c2ccco2)[nH]n1. The number of rotatable bonds is 5. The van der Waals surface area contributed by atoms with Crippen molar-refractivity contribution in [2.24, 2.45) is 5.92 Å². The lowest BCUT2D eigenvalue weighted by Gasteiger charge is -2.23. The highest BCUT2D eigenvalue weighted by Gasteiger charge is 2.29. The maximum atomic E-state index is 12.7. The lowest BCUT2D eigenvalue weighted by Crippen LogP contribution is -2.32. The number of H-pyrrole nitrogens is 1. The van der Waals surface area contributed by atoms with Gasteiger partial charge in [0.05, 0.1) is 12.3 Å². The zero-order valence-corrected chi connectivity index (χ0v) is 14.0. The van der Waals surface area contributed by atoms with E-state index in [1.165, 1.54) is 30.6 Å². The van der Waals surface area contributed by atoms with E-state index in [0.29, 0.717) is 23.1 Å². The van der Waals surface area contributed by atoms with E-state index >= 15 is 0 Å². The number of amides is 1. The Morgan fingerprint density at radius 1 is 1.33 bits per heavy atom. The molecular formula is C18H19N3O2S. The smallest absolute Gasteiger partial charge is 0.272 e. The second kappa shape index (κ2) is 6.65. The van der Waals surface area contributed by atoms with E-state index < -0.39 is 0 Å². The maximum absolute atomic E-state index is 12.7. The molecule has 2 N–H and O–H groups in total. The summed E-state index contributed by atoms with van der Waals surface area (Å²) in [5.41, 5.74) is 1.10. The summed E-state index contributed by atoms with van der Waals surface area (Å²) in [4.78, 5) is 13.9. The Balaban J connectivity index is 1.53. The number of aromatic amines is 1. The molecule has 3 aromatic heterocycles. The summed E-state index contributed by atoms with van der Waals surface area (Å²) in [6.07, 6.45) is 6.42. The van der Waals surface area contributed by atoms with Gasteiger partial charge in [-0.25, -0.2) is 0 Å². The Morgan fingerprint density at radius 3 is 2.92 bits per heavy atom. The molecule has 1 atom stereocenters. The van der Waals surface area contributed by atoms with Crippen molar-refractivity contribution < 1.29 is 9.21 Å². The molecule has 4 rings (SSSR count). The molecule has 0 bridgehead atoms. The third-order valence-electron chi connectivity index (χ3n) is 4.60. The Hall–Kier alpha value is -2.34. The van der Waals surface area contributed by atoms with Crippen LogP contribution in [0.1, 0.15) is 47.1 Å². The van der Waals surface area contributed by atoms with Crippen LogP contribution in [-0.4, -0.2) is 16.1 Å². The van der Waals surface area contributed by atoms with E-state index in [1.54, 1.807) is 23.7 Å². The standard InChI is InChI=1S/C18H19N3O2S/c22-18(14-11-13(20-21-14)15-7-3-9-23-15)19-17(12-5-1-2-6-12)16-8-4-10-24-16/h3-4,7-12,17H,1-2,5-6H2,(H,19,22)(H,20,21)/t17-/m1/s1. The number of furan rings is 1. The van der Waals surface area contributed by atoms with E-state index in [1.807, 2.05) is 18.2 Å². The number of nitrogens with one attached hydrogen (secondary N) is 2. The van der Waals surface area contributed by atoms with Crippen LogP contribution < -0.4 is 5.32 Å². The molecule has 1 fully saturated rings. The Bertz CT molecular complexity index is 786. The number of aromatic nitrogens is 2. The second-order valence-corrected chi connectivity index (χ2v) is 7.13. The minimum absolute atomic E-state index is 0.0729. The van der Waals surface area contributed by atoms with Crippen molar-refractivity contribution in [2.75, 3.05) is 0 Å². The van der Waals surface area contributed by atoms with Crippen LogP contribution in [0.25, 0.3) is 11.5 Å². The fourth-order valence-corrected chi connectivity index (χ4v) is 4.26. The van der Waals surface area contributed by atoms with E-state index in [9.17, 15) is 4.79 Å². The van der Waals surface area contributed by atoms with Gasteiger partial charge in [0.2, 0.25) is 0 Å². The summed E-state index contributed by atoms with van der Waals surface area (Å²) in [5.74, 6) is 1.04. The van der Waals surface area contributed by atoms with Gasteiger partial charge in [-0.1, -0.05) is 18.9 Å². The normalized spacial score (nSPS) is 16.3. The fraction of sp³-hybridized carbons (Fsp3) is 0.333. The first-order valence-corrected chi connectivity index (χ1v) is 9.13. The van der Waals surface area contributed by atoms with Crippen molar-refractivity contribution in [3.05, 3.63) is 52.5 Å². The molecule has 1 saturated carbocycles. The van der Waals surface area contributed by atoms with Crippen LogP contribution in [0.3, 0.4) is 0 Å². The number of thiophene rings is 1. The summed E-state index contributed by atoms with van der Waals surface area (Å²) < 4.78 is 5.33. The lowest BCUT2D eigenvalue weighted by molar-refractivity contribution is 0.0917. The van der Waals surface area contributed by atoms with Crippen molar-refractivity contribution in [1.29, 1.82) is 0 Å². The first-order valence-electron chi connectivity index (χ1n) is 8.25. The molecular weight excluding hydrogens is 322 g/mol. The average Bonchev–Trinajstić information content (AvgIpc) is 3.41. The second-order valence-electron chi connectivity index (χ2n) is 6.16. The predicted octanol–water partition coefficient (Wildman–Crippen LogP) is 4.39. The zero-order valence-electron chi connectivity index (χ0n) is 13.2. The summed E-state index contributed by atoms with van der Waals surface area (Å²) in [5, 5.41) is 12.3. The van der Waals surface area contributed by atoms with Crippen molar-refractivity contribution >= 4 is 17.2 Å². The van der Waals surface area contributed by atoms with Crippen molar-refractivity contribution in [2.45, 2.75) is 31.7 Å². The van der Waals surface area contributed by atoms with Crippen molar-refractivity contribution in [3.63, 3.8) is 0 Å². The van der Waals surface area contributed by atoms with Crippen LogP contribution in [-0.2, 0) is 0 Å². The van der Waals surface area contributed by atoms with Crippen LogP contribution in [0, 0.1) is 5.92 Å². The van der Waals surface area contributed by atoms with Gasteiger partial charge in [-0.15, -0.1) is 11.3 Å². The van der Waals surface area contributed by atoms with Gasteiger partial charge < -0.3 is 9.73 Å². The molecule has 0 aliphatic heterocycles. The molecule has 0 unspecified atom stereocenters. The summed E-state index contributed by atoms with van der Waals surface area (Å²) in [7, 11) is 0. The molecule has 1 aliphatic rings. The number of hydrogen-bond acceptors (Lipinski definition) is 4. The van der Waals surface area contributed by atoms with Gasteiger partial charge in [-0.2, -0.15) is 5.10 Å². The first kappa shape index (κ1) is 15.2. The summed E-state index contributed by atoms with van der Waals surface area (Å²) >= 11 is 1.70. The third-order valence-corrected chi connectivity index (χ3v) is 5.56. The van der Waals surface area contributed by atoms with E-state index in [-0.39, 0.29) is 11.9 Å². The largest absolute Gasteiger partial charge is 0.463 e. The van der Waals surface area contributed by atoms with Gasteiger partial charge >= 0.3 is 0 Å². The Morgan fingerprint density at radius 2 is 2.21 bits per heavy atom. The van der Waals surface area contributed by atoms with Gasteiger partial charge in [-0.05, 0) is 42.3 Å². The van der Waals surface area contributed by atoms with Crippen LogP contribution in [0.5, 0.6) is 0 Å². The molecule has 5 nitrogen and oxygen atoms in total. The number of nitrogens with zero attached hydrogens (tertiary/aromatic N) is 1. The summed E-state index contributed by atoms with van der Waals surface area (Å²) in [6, 6.07) is 9.59. The van der Waals surface area contributed by atoms with E-state index in [4.69, 9.17) is 4.42 Å². The van der Waals surface area contributed by atoms with Crippen LogP contribution in [0.15, 0.2) is 46.4 Å². The molecule has 1 amide bonds. The predicted molar refractivity (Wildman–Crippen MR) is 92.8 cm³/mol.